The first-order valence-corrected chi connectivity index (χ1v) is 18.7. The first-order valence-electron chi connectivity index (χ1n) is 18.7. The van der Waals surface area contributed by atoms with Crippen LogP contribution in [0.25, 0.3) is 48.7 Å². The Bertz CT molecular complexity index is 2750. The van der Waals surface area contributed by atoms with E-state index in [1.54, 1.807) is 24.3 Å². The van der Waals surface area contributed by atoms with E-state index in [0.717, 1.165) is 60.0 Å². The molecule has 4 unspecified atom stereocenters. The molecule has 5 aliphatic rings. The van der Waals surface area contributed by atoms with Gasteiger partial charge in [-0.2, -0.15) is 0 Å². The number of rotatable bonds is 1. The van der Waals surface area contributed by atoms with Crippen molar-refractivity contribution in [1.29, 1.82) is 0 Å². The van der Waals surface area contributed by atoms with Gasteiger partial charge in [0.15, 0.2) is 5.78 Å². The lowest BCUT2D eigenvalue weighted by atomic mass is 9.67. The Labute approximate surface area is 333 Å². The Hall–Kier alpha value is -7.41. The Morgan fingerprint density at radius 1 is 0.559 bits per heavy atom. The van der Waals surface area contributed by atoms with E-state index >= 15 is 0 Å². The first-order chi connectivity index (χ1) is 28.2. The number of carbonyl (C=O) groups is 9. The second-order valence-corrected chi connectivity index (χ2v) is 15.0. The van der Waals surface area contributed by atoms with Gasteiger partial charge in [-0.1, -0.05) is 67.2 Å². The summed E-state index contributed by atoms with van der Waals surface area (Å²) in [6.07, 6.45) is 0.668. The van der Waals surface area contributed by atoms with E-state index in [4.69, 9.17) is 9.47 Å². The molecule has 6 aromatic rings. The van der Waals surface area contributed by atoms with Gasteiger partial charge in [0.2, 0.25) is 0 Å². The third kappa shape index (κ3) is 5.79. The van der Waals surface area contributed by atoms with Gasteiger partial charge in [0.25, 0.3) is 0 Å². The highest BCUT2D eigenvalue weighted by molar-refractivity contribution is 6.39. The highest BCUT2D eigenvalue weighted by atomic mass is 16.6. The minimum absolute atomic E-state index is 0.0121. The number of cyclic esters (lactones) is 6. The smallest absolute Gasteiger partial charge is 0.346 e. The van der Waals surface area contributed by atoms with Crippen molar-refractivity contribution in [2.45, 2.75) is 44.9 Å². The molecule has 11 rings (SSSR count). The number of benzene rings is 6. The summed E-state index contributed by atoms with van der Waals surface area (Å²) in [6, 6.07) is 22.4. The molecule has 4 atom stereocenters. The average molecular weight is 791 g/mol. The maximum Gasteiger partial charge on any atom is 0.346 e. The molecule has 0 saturated carbocycles. The van der Waals surface area contributed by atoms with Crippen molar-refractivity contribution in [2.24, 2.45) is 11.8 Å². The van der Waals surface area contributed by atoms with E-state index in [1.807, 2.05) is 42.5 Å². The van der Waals surface area contributed by atoms with Crippen LogP contribution in [0.2, 0.25) is 0 Å². The van der Waals surface area contributed by atoms with Crippen LogP contribution < -0.4 is 0 Å². The molecule has 13 nitrogen and oxygen atoms in total. The van der Waals surface area contributed by atoms with Gasteiger partial charge in [0.05, 0.1) is 35.3 Å². The van der Waals surface area contributed by atoms with E-state index < -0.39 is 65.5 Å². The maximum atomic E-state index is 12.7. The Morgan fingerprint density at radius 2 is 1.07 bits per heavy atom. The van der Waals surface area contributed by atoms with Crippen molar-refractivity contribution in [3.8, 4) is 0 Å². The molecule has 6 aromatic carbocycles. The summed E-state index contributed by atoms with van der Waals surface area (Å²) in [6.45, 7) is 6.49. The topological polar surface area (TPSA) is 191 Å². The molecule has 0 bridgehead atoms. The first kappa shape index (κ1) is 37.2. The van der Waals surface area contributed by atoms with Crippen molar-refractivity contribution in [1.82, 2.24) is 0 Å². The van der Waals surface area contributed by atoms with Gasteiger partial charge in [-0.05, 0) is 79.1 Å². The maximum absolute atomic E-state index is 12.7. The largest absolute Gasteiger partial charge is 0.394 e. The zero-order valence-corrected chi connectivity index (χ0v) is 31.4. The number of hydrogen-bond acceptors (Lipinski definition) is 13. The van der Waals surface area contributed by atoms with Crippen LogP contribution in [0.3, 0.4) is 0 Å². The lowest BCUT2D eigenvalue weighted by molar-refractivity contribution is -0.157. The molecule has 292 valence electrons. The molecule has 0 radical (unpaired) electrons. The zero-order chi connectivity index (χ0) is 41.6. The number of ether oxygens (including phenoxy) is 4. The molecule has 0 aromatic heterocycles. The number of fused-ring (bicyclic) bond motifs is 5. The van der Waals surface area contributed by atoms with Gasteiger partial charge in [-0.3, -0.25) is 33.6 Å². The van der Waals surface area contributed by atoms with E-state index in [9.17, 15) is 43.2 Å². The van der Waals surface area contributed by atoms with Crippen molar-refractivity contribution >= 4 is 102 Å². The lowest BCUT2D eigenvalue weighted by Gasteiger charge is -2.32. The van der Waals surface area contributed by atoms with E-state index in [0.29, 0.717) is 34.9 Å². The molecular formula is C46H30O13. The van der Waals surface area contributed by atoms with Crippen LogP contribution in [0.1, 0.15) is 92.7 Å². The summed E-state index contributed by atoms with van der Waals surface area (Å²) < 4.78 is 18.3. The summed E-state index contributed by atoms with van der Waals surface area (Å²) in [5.41, 5.74) is 4.92. The van der Waals surface area contributed by atoms with Crippen molar-refractivity contribution in [2.75, 3.05) is 0 Å². The molecule has 2 aliphatic carbocycles. The molecule has 3 heterocycles. The van der Waals surface area contributed by atoms with Crippen LogP contribution in [-0.4, -0.2) is 53.5 Å². The number of esters is 8. The normalized spacial score (nSPS) is 21.3. The molecule has 0 spiro atoms. The van der Waals surface area contributed by atoms with Gasteiger partial charge in [0, 0.05) is 36.6 Å². The van der Waals surface area contributed by atoms with Crippen LogP contribution in [-0.2, 0) is 47.7 Å². The molecule has 3 aliphatic heterocycles. The average Bonchev–Trinajstić information content (AvgIpc) is 3.69. The molecule has 2 saturated heterocycles. The zero-order valence-electron chi connectivity index (χ0n) is 31.4. The number of ketones is 1. The molecule has 2 fully saturated rings. The van der Waals surface area contributed by atoms with Crippen molar-refractivity contribution < 1.29 is 62.1 Å². The van der Waals surface area contributed by atoms with Gasteiger partial charge in [-0.15, -0.1) is 0 Å². The SMILES string of the molecule is C=C1CC(=O)c2ccc3c4ccc5c6c(ccc(c7ccc1c2c73)c64)C(=O)OC5=O.CC(=O)OC(C)=O.O=C1CC(C2CC3C(=O)OC(=O)C3c3ccccc32)C(=O)O1. The second-order valence-electron chi connectivity index (χ2n) is 15.0. The monoisotopic (exact) mass is 790 g/mol. The number of Topliss-reactive ketones (excluding diaryl/α,β-unsaturated/α-hetero) is 1. The van der Waals surface area contributed by atoms with Crippen LogP contribution in [0, 0.1) is 11.8 Å². The van der Waals surface area contributed by atoms with Gasteiger partial charge in [-0.25, -0.2) is 9.59 Å². The minimum atomic E-state index is -0.617. The highest BCUT2D eigenvalue weighted by Crippen LogP contribution is 2.51. The predicted octanol–water partition coefficient (Wildman–Crippen LogP) is 6.79. The summed E-state index contributed by atoms with van der Waals surface area (Å²) in [5, 5.41) is 7.39. The lowest BCUT2D eigenvalue weighted by Crippen LogP contribution is -2.31. The summed E-state index contributed by atoms with van der Waals surface area (Å²) in [5.74, 6) is -6.56. The number of hydrogen-bond donors (Lipinski definition) is 0. The van der Waals surface area contributed by atoms with E-state index in [1.165, 1.54) is 13.8 Å². The van der Waals surface area contributed by atoms with E-state index in [-0.39, 0.29) is 18.1 Å². The molecular weight excluding hydrogens is 760 g/mol. The minimum Gasteiger partial charge on any atom is -0.394 e. The predicted molar refractivity (Wildman–Crippen MR) is 208 cm³/mol. The second kappa shape index (κ2) is 13.6. The standard InChI is InChI=1S/C26H12O4.C16H12O6.C4H6O3/c1-11-10-20(27)17-7-4-14-16-6-9-19-24-18(25(28)30-26(19)29)8-5-15(23(16)24)13-3-2-12(11)21(17)22(13)14;17-12-6-10(14(18)21-12)9-5-11-13(16(20)22-15(11)19)8-4-2-1-3-7(8)9;1-3(5)7-4(2)6/h2-9H,1,10H2;1-4,9-11,13H,5-6H2;1-2H3. The van der Waals surface area contributed by atoms with Crippen LogP contribution in [0.15, 0.2) is 79.4 Å². The molecule has 0 N–H and O–H groups in total. The van der Waals surface area contributed by atoms with Crippen molar-refractivity contribution in [3.63, 3.8) is 0 Å². The van der Waals surface area contributed by atoms with E-state index in [2.05, 4.69) is 22.1 Å². The van der Waals surface area contributed by atoms with Gasteiger partial charge >= 0.3 is 47.8 Å². The third-order valence-corrected chi connectivity index (χ3v) is 11.7. The van der Waals surface area contributed by atoms with Crippen LogP contribution in [0.4, 0.5) is 0 Å². The number of carbonyl (C=O) groups excluding carboxylic acids is 9. The molecule has 13 heteroatoms. The fraction of sp³-hybridized carbons (Fsp3) is 0.196. The highest BCUT2D eigenvalue weighted by Gasteiger charge is 2.53. The van der Waals surface area contributed by atoms with Gasteiger partial charge < -0.3 is 18.9 Å². The summed E-state index contributed by atoms with van der Waals surface area (Å²) in [4.78, 5) is 104. The number of allylic oxidation sites excluding steroid dienone is 1. The Kier molecular flexibility index (Phi) is 8.58. The summed E-state index contributed by atoms with van der Waals surface area (Å²) in [7, 11) is 0. The van der Waals surface area contributed by atoms with Crippen molar-refractivity contribution in [3.05, 3.63) is 113 Å². The quantitative estimate of drug-likeness (QED) is 0.0557. The summed E-state index contributed by atoms with van der Waals surface area (Å²) >= 11 is 0. The molecule has 59 heavy (non-hydrogen) atoms. The Morgan fingerprint density at radius 3 is 1.59 bits per heavy atom. The van der Waals surface area contributed by atoms with Crippen LogP contribution >= 0.6 is 0 Å². The fourth-order valence-electron chi connectivity index (χ4n) is 9.36. The third-order valence-electron chi connectivity index (χ3n) is 11.7. The fourth-order valence-corrected chi connectivity index (χ4v) is 9.36. The Balaban J connectivity index is 0.000000136. The molecule has 0 amide bonds. The van der Waals surface area contributed by atoms with Gasteiger partial charge in [0.1, 0.15) is 0 Å². The van der Waals surface area contributed by atoms with Crippen LogP contribution in [0.5, 0.6) is 0 Å².